The number of hydrogen-bond donors (Lipinski definition) is 1. The number of aromatic nitrogens is 2. The fourth-order valence-corrected chi connectivity index (χ4v) is 3.04. The van der Waals surface area contributed by atoms with Gasteiger partial charge in [-0.15, -0.1) is 10.2 Å². The predicted molar refractivity (Wildman–Crippen MR) is 86.4 cm³/mol. The van der Waals surface area contributed by atoms with Gasteiger partial charge in [-0.2, -0.15) is 0 Å². The van der Waals surface area contributed by atoms with E-state index in [-0.39, 0.29) is 10.9 Å². The van der Waals surface area contributed by atoms with Crippen LogP contribution in [0.3, 0.4) is 0 Å². The van der Waals surface area contributed by atoms with Gasteiger partial charge < -0.3 is 4.42 Å². The highest BCUT2D eigenvalue weighted by Gasteiger charge is 2.18. The van der Waals surface area contributed by atoms with Gasteiger partial charge in [0.2, 0.25) is 21.8 Å². The molecule has 23 heavy (non-hydrogen) atoms. The molecular weight excluding hydrogens is 316 g/mol. The minimum atomic E-state index is -3.49. The highest BCUT2D eigenvalue weighted by molar-refractivity contribution is 7.89. The maximum atomic E-state index is 12.2. The Hall–Kier alpha value is -1.77. The standard InChI is InChI=1S/C15H22N4O3S/c1-11-5-7-14(8-6-11)23(20,21)16-9-10-19(4)12(2)15-18-17-13(3)22-15/h5-8,12,16H,9-10H2,1-4H3/t12-/m1/s1. The summed E-state index contributed by atoms with van der Waals surface area (Å²) < 4.78 is 32.4. The minimum Gasteiger partial charge on any atom is -0.424 e. The average molecular weight is 338 g/mol. The Balaban J connectivity index is 1.89. The molecule has 2 aromatic rings. The lowest BCUT2D eigenvalue weighted by molar-refractivity contribution is 0.226. The molecule has 0 spiro atoms. The van der Waals surface area contributed by atoms with Gasteiger partial charge in [0, 0.05) is 20.0 Å². The zero-order chi connectivity index (χ0) is 17.0. The van der Waals surface area contributed by atoms with Crippen LogP contribution in [0.1, 0.15) is 30.3 Å². The Morgan fingerprint density at radius 2 is 1.87 bits per heavy atom. The van der Waals surface area contributed by atoms with E-state index in [1.807, 2.05) is 25.8 Å². The number of likely N-dealkylation sites (N-methyl/N-ethyl adjacent to an activating group) is 1. The van der Waals surface area contributed by atoms with Crippen LogP contribution in [0.4, 0.5) is 0 Å². The lowest BCUT2D eigenvalue weighted by atomic mass is 10.2. The first-order chi connectivity index (χ1) is 10.8. The summed E-state index contributed by atoms with van der Waals surface area (Å²) in [5.41, 5.74) is 1.02. The third-order valence-corrected chi connectivity index (χ3v) is 5.13. The first-order valence-electron chi connectivity index (χ1n) is 7.36. The molecule has 1 heterocycles. The second-order valence-electron chi connectivity index (χ2n) is 5.53. The molecule has 126 valence electrons. The predicted octanol–water partition coefficient (Wildman–Crippen LogP) is 1.66. The summed E-state index contributed by atoms with van der Waals surface area (Å²) in [4.78, 5) is 2.22. The molecule has 0 aliphatic carbocycles. The fourth-order valence-electron chi connectivity index (χ4n) is 2.02. The monoisotopic (exact) mass is 338 g/mol. The quantitative estimate of drug-likeness (QED) is 0.826. The summed E-state index contributed by atoms with van der Waals surface area (Å²) in [6.07, 6.45) is 0. The van der Waals surface area contributed by atoms with Gasteiger partial charge in [-0.3, -0.25) is 4.90 Å². The smallest absolute Gasteiger partial charge is 0.240 e. The molecule has 0 amide bonds. The lowest BCUT2D eigenvalue weighted by Crippen LogP contribution is -2.34. The fraction of sp³-hybridized carbons (Fsp3) is 0.467. The van der Waals surface area contributed by atoms with Crippen molar-refractivity contribution < 1.29 is 12.8 Å². The van der Waals surface area contributed by atoms with Crippen molar-refractivity contribution >= 4 is 10.0 Å². The van der Waals surface area contributed by atoms with Crippen molar-refractivity contribution in [1.82, 2.24) is 19.8 Å². The van der Waals surface area contributed by atoms with E-state index in [2.05, 4.69) is 14.9 Å². The van der Waals surface area contributed by atoms with E-state index in [0.29, 0.717) is 24.9 Å². The van der Waals surface area contributed by atoms with Crippen molar-refractivity contribution in [3.05, 3.63) is 41.6 Å². The largest absolute Gasteiger partial charge is 0.424 e. The summed E-state index contributed by atoms with van der Waals surface area (Å²) in [6.45, 7) is 6.40. The molecule has 0 aliphatic heterocycles. The van der Waals surface area contributed by atoms with E-state index in [0.717, 1.165) is 5.56 Å². The molecule has 0 saturated heterocycles. The normalized spacial score (nSPS) is 13.4. The van der Waals surface area contributed by atoms with Crippen molar-refractivity contribution in [2.45, 2.75) is 31.7 Å². The van der Waals surface area contributed by atoms with Crippen molar-refractivity contribution in [3.8, 4) is 0 Å². The third-order valence-electron chi connectivity index (χ3n) is 3.65. The summed E-state index contributed by atoms with van der Waals surface area (Å²) in [6, 6.07) is 6.68. The molecular formula is C15H22N4O3S. The van der Waals surface area contributed by atoms with Gasteiger partial charge in [-0.05, 0) is 33.0 Å². The molecule has 0 saturated carbocycles. The van der Waals surface area contributed by atoms with Crippen molar-refractivity contribution in [3.63, 3.8) is 0 Å². The maximum Gasteiger partial charge on any atom is 0.240 e. The van der Waals surface area contributed by atoms with Gasteiger partial charge in [0.15, 0.2) is 0 Å². The Bertz CT molecular complexity index is 740. The zero-order valence-electron chi connectivity index (χ0n) is 13.8. The Morgan fingerprint density at radius 1 is 1.22 bits per heavy atom. The number of rotatable bonds is 7. The molecule has 1 atom stereocenters. The summed E-state index contributed by atoms with van der Waals surface area (Å²) >= 11 is 0. The number of sulfonamides is 1. The number of aryl methyl sites for hydroxylation is 2. The van der Waals surface area contributed by atoms with Crippen LogP contribution in [-0.2, 0) is 10.0 Å². The van der Waals surface area contributed by atoms with E-state index in [1.54, 1.807) is 31.2 Å². The van der Waals surface area contributed by atoms with Crippen LogP contribution in [0.15, 0.2) is 33.6 Å². The summed E-state index contributed by atoms with van der Waals surface area (Å²) in [5.74, 6) is 1.03. The number of benzene rings is 1. The third kappa shape index (κ3) is 4.60. The molecule has 1 aromatic heterocycles. The van der Waals surface area contributed by atoms with Gasteiger partial charge in [-0.1, -0.05) is 17.7 Å². The van der Waals surface area contributed by atoms with Gasteiger partial charge in [0.05, 0.1) is 10.9 Å². The average Bonchev–Trinajstić information content (AvgIpc) is 2.93. The second kappa shape index (κ2) is 7.20. The molecule has 1 aromatic carbocycles. The van der Waals surface area contributed by atoms with Gasteiger partial charge >= 0.3 is 0 Å². The van der Waals surface area contributed by atoms with E-state index in [1.165, 1.54) is 0 Å². The minimum absolute atomic E-state index is 0.0833. The van der Waals surface area contributed by atoms with Gasteiger partial charge in [0.25, 0.3) is 0 Å². The number of nitrogens with one attached hydrogen (secondary N) is 1. The van der Waals surface area contributed by atoms with Crippen LogP contribution >= 0.6 is 0 Å². The Labute approximate surface area is 136 Å². The van der Waals surface area contributed by atoms with Gasteiger partial charge in [0.1, 0.15) is 0 Å². The van der Waals surface area contributed by atoms with Gasteiger partial charge in [-0.25, -0.2) is 13.1 Å². The van der Waals surface area contributed by atoms with Crippen molar-refractivity contribution in [2.24, 2.45) is 0 Å². The number of nitrogens with zero attached hydrogens (tertiary/aromatic N) is 3. The molecule has 0 fully saturated rings. The molecule has 0 radical (unpaired) electrons. The Kier molecular flexibility index (Phi) is 5.51. The SMILES string of the molecule is Cc1ccc(S(=O)(=O)NCCN(C)[C@H](C)c2nnc(C)o2)cc1. The molecule has 7 nitrogen and oxygen atoms in total. The second-order valence-corrected chi connectivity index (χ2v) is 7.29. The molecule has 0 bridgehead atoms. The van der Waals surface area contributed by atoms with Crippen LogP contribution in [-0.4, -0.2) is 43.7 Å². The van der Waals surface area contributed by atoms with Crippen LogP contribution in [0.2, 0.25) is 0 Å². The maximum absolute atomic E-state index is 12.2. The highest BCUT2D eigenvalue weighted by Crippen LogP contribution is 2.16. The molecule has 1 N–H and O–H groups in total. The molecule has 2 rings (SSSR count). The summed E-state index contributed by atoms with van der Waals surface area (Å²) in [7, 11) is -1.61. The Morgan fingerprint density at radius 3 is 2.43 bits per heavy atom. The first-order valence-corrected chi connectivity index (χ1v) is 8.84. The molecule has 0 unspecified atom stereocenters. The topological polar surface area (TPSA) is 88.3 Å². The number of hydrogen-bond acceptors (Lipinski definition) is 6. The molecule has 0 aliphatic rings. The highest BCUT2D eigenvalue weighted by atomic mass is 32.2. The van der Waals surface area contributed by atoms with Crippen LogP contribution in [0.25, 0.3) is 0 Å². The van der Waals surface area contributed by atoms with Crippen LogP contribution in [0.5, 0.6) is 0 Å². The van der Waals surface area contributed by atoms with Crippen molar-refractivity contribution in [1.29, 1.82) is 0 Å². The van der Waals surface area contributed by atoms with E-state index in [4.69, 9.17) is 4.42 Å². The summed E-state index contributed by atoms with van der Waals surface area (Å²) in [5, 5.41) is 7.78. The van der Waals surface area contributed by atoms with Crippen LogP contribution < -0.4 is 4.72 Å². The first kappa shape index (κ1) is 17.6. The lowest BCUT2D eigenvalue weighted by Gasteiger charge is -2.21. The van der Waals surface area contributed by atoms with E-state index in [9.17, 15) is 8.42 Å². The van der Waals surface area contributed by atoms with Crippen molar-refractivity contribution in [2.75, 3.05) is 20.1 Å². The van der Waals surface area contributed by atoms with E-state index < -0.39 is 10.0 Å². The van der Waals surface area contributed by atoms with E-state index >= 15 is 0 Å². The van der Waals surface area contributed by atoms with Crippen LogP contribution in [0, 0.1) is 13.8 Å². The zero-order valence-corrected chi connectivity index (χ0v) is 14.6. The molecule has 8 heteroatoms.